The van der Waals surface area contributed by atoms with Crippen LogP contribution in [0.15, 0.2) is 24.4 Å². The Morgan fingerprint density at radius 3 is 2.71 bits per heavy atom. The van der Waals surface area contributed by atoms with Crippen molar-refractivity contribution in [3.8, 4) is 6.07 Å². The zero-order chi connectivity index (χ0) is 15.0. The van der Waals surface area contributed by atoms with Crippen molar-refractivity contribution in [3.05, 3.63) is 35.0 Å². The largest absolute Gasteiger partial charge is 0.345 e. The predicted octanol–water partition coefficient (Wildman–Crippen LogP) is 2.99. The molecule has 1 aromatic heterocycles. The molecule has 6 heteroatoms. The SMILES string of the molecule is N#Cc1cn(CC2CCS(=O)(=O)CC2)c2c(Cl)cccc12. The minimum Gasteiger partial charge on any atom is -0.345 e. The van der Waals surface area contributed by atoms with Crippen molar-refractivity contribution in [3.63, 3.8) is 0 Å². The Morgan fingerprint density at radius 1 is 1.33 bits per heavy atom. The van der Waals surface area contributed by atoms with E-state index >= 15 is 0 Å². The van der Waals surface area contributed by atoms with Gasteiger partial charge in [-0.2, -0.15) is 5.26 Å². The van der Waals surface area contributed by atoms with Crippen LogP contribution in [-0.2, 0) is 16.4 Å². The number of hydrogen-bond acceptors (Lipinski definition) is 3. The van der Waals surface area contributed by atoms with E-state index in [0.717, 1.165) is 10.9 Å². The van der Waals surface area contributed by atoms with E-state index in [-0.39, 0.29) is 11.5 Å². The molecule has 0 bridgehead atoms. The fourth-order valence-electron chi connectivity index (χ4n) is 2.95. The van der Waals surface area contributed by atoms with E-state index in [1.807, 2.05) is 29.0 Å². The zero-order valence-electron chi connectivity index (χ0n) is 11.4. The molecule has 0 N–H and O–H groups in total. The third-order valence-electron chi connectivity index (χ3n) is 4.10. The second-order valence-corrected chi connectivity index (χ2v) is 8.25. The fourth-order valence-corrected chi connectivity index (χ4v) is 4.82. The Morgan fingerprint density at radius 2 is 2.05 bits per heavy atom. The van der Waals surface area contributed by atoms with Crippen LogP contribution in [0.5, 0.6) is 0 Å². The van der Waals surface area contributed by atoms with Gasteiger partial charge in [0.15, 0.2) is 0 Å². The Bertz CT molecular complexity index is 819. The molecule has 21 heavy (non-hydrogen) atoms. The molecule has 1 fully saturated rings. The van der Waals surface area contributed by atoms with Gasteiger partial charge in [0.05, 0.1) is 27.6 Å². The normalized spacial score (nSPS) is 18.7. The second kappa shape index (κ2) is 5.36. The van der Waals surface area contributed by atoms with E-state index in [9.17, 15) is 13.7 Å². The van der Waals surface area contributed by atoms with Gasteiger partial charge in [0, 0.05) is 18.1 Å². The number of sulfone groups is 1. The van der Waals surface area contributed by atoms with E-state index in [4.69, 9.17) is 11.6 Å². The molecule has 1 aromatic carbocycles. The first-order valence-corrected chi connectivity index (χ1v) is 9.08. The number of hydrogen-bond donors (Lipinski definition) is 0. The van der Waals surface area contributed by atoms with E-state index in [2.05, 4.69) is 6.07 Å². The van der Waals surface area contributed by atoms with Gasteiger partial charge in [0.25, 0.3) is 0 Å². The van der Waals surface area contributed by atoms with Crippen LogP contribution in [0, 0.1) is 17.2 Å². The van der Waals surface area contributed by atoms with Crippen LogP contribution >= 0.6 is 11.6 Å². The molecule has 4 nitrogen and oxygen atoms in total. The summed E-state index contributed by atoms with van der Waals surface area (Å²) in [6.07, 6.45) is 3.17. The molecule has 110 valence electrons. The maximum absolute atomic E-state index is 11.5. The highest BCUT2D eigenvalue weighted by atomic mass is 35.5. The number of nitriles is 1. The standard InChI is InChI=1S/C15H15ClN2O2S/c16-14-3-1-2-13-12(8-17)10-18(15(13)14)9-11-4-6-21(19,20)7-5-11/h1-3,10-11H,4-7,9H2. The number of rotatable bonds is 2. The van der Waals surface area contributed by atoms with E-state index < -0.39 is 9.84 Å². The van der Waals surface area contributed by atoms with Crippen LogP contribution in [0.25, 0.3) is 10.9 Å². The molecule has 3 rings (SSSR count). The Kier molecular flexibility index (Phi) is 3.68. The summed E-state index contributed by atoms with van der Waals surface area (Å²) < 4.78 is 25.0. The molecule has 0 atom stereocenters. The van der Waals surface area contributed by atoms with E-state index in [0.29, 0.717) is 35.9 Å². The second-order valence-electron chi connectivity index (χ2n) is 5.54. The molecular formula is C15H15ClN2O2S. The van der Waals surface area contributed by atoms with Gasteiger partial charge in [0.2, 0.25) is 0 Å². The van der Waals surface area contributed by atoms with E-state index in [1.165, 1.54) is 0 Å². The smallest absolute Gasteiger partial charge is 0.150 e. The molecule has 2 heterocycles. The highest BCUT2D eigenvalue weighted by molar-refractivity contribution is 7.91. The Balaban J connectivity index is 1.93. The molecule has 1 saturated heterocycles. The molecule has 0 radical (unpaired) electrons. The average molecular weight is 323 g/mol. The summed E-state index contributed by atoms with van der Waals surface area (Å²) in [6, 6.07) is 7.73. The summed E-state index contributed by atoms with van der Waals surface area (Å²) >= 11 is 6.27. The zero-order valence-corrected chi connectivity index (χ0v) is 13.0. The quantitative estimate of drug-likeness (QED) is 0.853. The maximum Gasteiger partial charge on any atom is 0.150 e. The molecule has 0 aliphatic carbocycles. The summed E-state index contributed by atoms with van der Waals surface area (Å²) in [6.45, 7) is 0.706. The average Bonchev–Trinajstić information content (AvgIpc) is 2.81. The van der Waals surface area contributed by atoms with Crippen molar-refractivity contribution in [2.75, 3.05) is 11.5 Å². The minimum absolute atomic E-state index is 0.260. The van der Waals surface area contributed by atoms with Gasteiger partial charge in [0.1, 0.15) is 15.9 Å². The fraction of sp³-hybridized carbons (Fsp3) is 0.400. The van der Waals surface area contributed by atoms with Crippen molar-refractivity contribution >= 4 is 32.3 Å². The summed E-state index contributed by atoms with van der Waals surface area (Å²) in [4.78, 5) is 0. The summed E-state index contributed by atoms with van der Waals surface area (Å²) in [5.41, 5.74) is 1.47. The van der Waals surface area contributed by atoms with E-state index in [1.54, 1.807) is 0 Å². The lowest BCUT2D eigenvalue weighted by molar-refractivity contribution is 0.410. The molecule has 2 aromatic rings. The molecule has 1 aliphatic rings. The lowest BCUT2D eigenvalue weighted by Gasteiger charge is -2.22. The van der Waals surface area contributed by atoms with Crippen LogP contribution < -0.4 is 0 Å². The first-order chi connectivity index (χ1) is 10.00. The first-order valence-electron chi connectivity index (χ1n) is 6.88. The lowest BCUT2D eigenvalue weighted by Crippen LogP contribution is -2.25. The molecule has 0 amide bonds. The maximum atomic E-state index is 11.5. The highest BCUT2D eigenvalue weighted by Gasteiger charge is 2.24. The minimum atomic E-state index is -2.85. The van der Waals surface area contributed by atoms with Crippen molar-refractivity contribution in [2.45, 2.75) is 19.4 Å². The Hall–Kier alpha value is -1.51. The van der Waals surface area contributed by atoms with Gasteiger partial charge in [-0.25, -0.2) is 8.42 Å². The summed E-state index contributed by atoms with van der Waals surface area (Å²) in [5.74, 6) is 0.831. The third kappa shape index (κ3) is 2.78. The molecule has 0 unspecified atom stereocenters. The molecule has 1 aliphatic heterocycles. The number of halogens is 1. The lowest BCUT2D eigenvalue weighted by atomic mass is 10.0. The molecular weight excluding hydrogens is 308 g/mol. The first kappa shape index (κ1) is 14.4. The molecule has 0 saturated carbocycles. The predicted molar refractivity (Wildman–Crippen MR) is 83.0 cm³/mol. The molecule has 0 spiro atoms. The number of para-hydroxylation sites is 1. The number of aromatic nitrogens is 1. The van der Waals surface area contributed by atoms with Gasteiger partial charge in [-0.15, -0.1) is 0 Å². The van der Waals surface area contributed by atoms with Crippen molar-refractivity contribution < 1.29 is 8.42 Å². The van der Waals surface area contributed by atoms with Crippen molar-refractivity contribution in [1.29, 1.82) is 5.26 Å². The van der Waals surface area contributed by atoms with Crippen LogP contribution in [0.2, 0.25) is 5.02 Å². The topological polar surface area (TPSA) is 62.9 Å². The van der Waals surface area contributed by atoms with Crippen molar-refractivity contribution in [2.24, 2.45) is 5.92 Å². The van der Waals surface area contributed by atoms with Gasteiger partial charge in [-0.05, 0) is 24.8 Å². The van der Waals surface area contributed by atoms with Gasteiger partial charge >= 0.3 is 0 Å². The third-order valence-corrected chi connectivity index (χ3v) is 6.12. The number of fused-ring (bicyclic) bond motifs is 1. The van der Waals surface area contributed by atoms with Crippen molar-refractivity contribution in [1.82, 2.24) is 4.57 Å². The number of nitrogens with zero attached hydrogens (tertiary/aromatic N) is 2. The van der Waals surface area contributed by atoms with Gasteiger partial charge < -0.3 is 4.57 Å². The highest BCUT2D eigenvalue weighted by Crippen LogP contribution is 2.30. The van der Waals surface area contributed by atoms with Crippen LogP contribution in [0.4, 0.5) is 0 Å². The van der Waals surface area contributed by atoms with Gasteiger partial charge in [-0.3, -0.25) is 0 Å². The van der Waals surface area contributed by atoms with Crippen LogP contribution in [0.3, 0.4) is 0 Å². The monoisotopic (exact) mass is 322 g/mol. The number of benzene rings is 1. The van der Waals surface area contributed by atoms with Crippen LogP contribution in [0.1, 0.15) is 18.4 Å². The van der Waals surface area contributed by atoms with Gasteiger partial charge in [-0.1, -0.05) is 23.7 Å². The van der Waals surface area contributed by atoms with Crippen LogP contribution in [-0.4, -0.2) is 24.5 Å². The summed E-state index contributed by atoms with van der Waals surface area (Å²) in [7, 11) is -2.85. The Labute approximate surface area is 128 Å². The summed E-state index contributed by atoms with van der Waals surface area (Å²) in [5, 5.41) is 10.7.